The van der Waals surface area contributed by atoms with Crippen LogP contribution >= 0.6 is 0 Å². The number of nitrogens with zero attached hydrogens (tertiary/aromatic N) is 6. The number of nitriles is 1. The fourth-order valence-electron chi connectivity index (χ4n) is 5.36. The van der Waals surface area contributed by atoms with E-state index in [-0.39, 0.29) is 0 Å². The topological polar surface area (TPSA) is 60.5 Å². The van der Waals surface area contributed by atoms with Crippen molar-refractivity contribution in [3.8, 4) is 6.07 Å². The summed E-state index contributed by atoms with van der Waals surface area (Å²) in [5.41, 5.74) is 6.51. The van der Waals surface area contributed by atoms with Gasteiger partial charge in [-0.05, 0) is 48.6 Å². The van der Waals surface area contributed by atoms with Crippen molar-refractivity contribution in [2.75, 3.05) is 18.0 Å². The molecule has 2 aliphatic heterocycles. The van der Waals surface area contributed by atoms with Crippen molar-refractivity contribution in [2.24, 2.45) is 4.99 Å². The van der Waals surface area contributed by atoms with E-state index in [9.17, 15) is 5.26 Å². The Balaban J connectivity index is 1.41. The van der Waals surface area contributed by atoms with Crippen LogP contribution in [0.4, 0.5) is 11.5 Å². The van der Waals surface area contributed by atoms with E-state index >= 15 is 0 Å². The molecular formula is C30H28N6. The van der Waals surface area contributed by atoms with E-state index < -0.39 is 0 Å². The molecule has 2 aromatic heterocycles. The summed E-state index contributed by atoms with van der Waals surface area (Å²) in [5, 5.41) is 11.4. The van der Waals surface area contributed by atoms with Gasteiger partial charge in [0.1, 0.15) is 23.1 Å². The maximum absolute atomic E-state index is 10.3. The molecule has 0 spiro atoms. The molecular weight excluding hydrogens is 444 g/mol. The first-order chi connectivity index (χ1) is 17.7. The summed E-state index contributed by atoms with van der Waals surface area (Å²) in [6, 6.07) is 23.3. The summed E-state index contributed by atoms with van der Waals surface area (Å²) in [7, 11) is 0. The summed E-state index contributed by atoms with van der Waals surface area (Å²) in [6.07, 6.45) is 7.15. The SMILES string of the molecule is C=C1c2c(c(C#N)c(N3CCCCC3)n2Cc2ccccc2)N=CN1Cc1ccc2ncccc2c1. The first-order valence-corrected chi connectivity index (χ1v) is 12.5. The largest absolute Gasteiger partial charge is 0.357 e. The van der Waals surface area contributed by atoms with E-state index in [0.717, 1.165) is 65.3 Å². The molecule has 2 aliphatic rings. The van der Waals surface area contributed by atoms with Crippen LogP contribution in [0.2, 0.25) is 0 Å². The molecule has 6 rings (SSSR count). The molecule has 178 valence electrons. The van der Waals surface area contributed by atoms with E-state index in [4.69, 9.17) is 4.99 Å². The van der Waals surface area contributed by atoms with Gasteiger partial charge in [0.25, 0.3) is 0 Å². The second-order valence-electron chi connectivity index (χ2n) is 9.48. The number of pyridine rings is 1. The highest BCUT2D eigenvalue weighted by atomic mass is 15.3. The van der Waals surface area contributed by atoms with Crippen molar-refractivity contribution in [3.63, 3.8) is 0 Å². The van der Waals surface area contributed by atoms with Gasteiger partial charge >= 0.3 is 0 Å². The van der Waals surface area contributed by atoms with Crippen LogP contribution in [-0.2, 0) is 13.1 Å². The molecule has 0 saturated carbocycles. The molecule has 0 atom stereocenters. The van der Waals surface area contributed by atoms with Gasteiger partial charge in [0, 0.05) is 37.8 Å². The van der Waals surface area contributed by atoms with Crippen LogP contribution in [0.3, 0.4) is 0 Å². The fourth-order valence-corrected chi connectivity index (χ4v) is 5.36. The fraction of sp³-hybridized carbons (Fsp3) is 0.233. The zero-order chi connectivity index (χ0) is 24.5. The van der Waals surface area contributed by atoms with E-state index in [2.05, 4.69) is 80.5 Å². The number of hydrogen-bond donors (Lipinski definition) is 0. The number of anilines is 1. The molecule has 4 aromatic rings. The number of piperidine rings is 1. The molecule has 36 heavy (non-hydrogen) atoms. The molecule has 4 heterocycles. The lowest BCUT2D eigenvalue weighted by molar-refractivity contribution is 0.557. The molecule has 0 bridgehead atoms. The second-order valence-corrected chi connectivity index (χ2v) is 9.48. The van der Waals surface area contributed by atoms with Crippen molar-refractivity contribution in [3.05, 3.63) is 95.8 Å². The number of hydrogen-bond acceptors (Lipinski definition) is 5. The molecule has 0 amide bonds. The molecule has 6 heteroatoms. The van der Waals surface area contributed by atoms with Crippen molar-refractivity contribution in [2.45, 2.75) is 32.4 Å². The highest BCUT2D eigenvalue weighted by Crippen LogP contribution is 2.43. The molecule has 0 unspecified atom stereocenters. The van der Waals surface area contributed by atoms with Crippen molar-refractivity contribution < 1.29 is 0 Å². The predicted octanol–water partition coefficient (Wildman–Crippen LogP) is 6.09. The van der Waals surface area contributed by atoms with Gasteiger partial charge in [-0.3, -0.25) is 4.98 Å². The summed E-state index contributed by atoms with van der Waals surface area (Å²) < 4.78 is 2.27. The van der Waals surface area contributed by atoms with Gasteiger partial charge in [-0.25, -0.2) is 4.99 Å². The Morgan fingerprint density at radius 1 is 0.917 bits per heavy atom. The molecule has 6 nitrogen and oxygen atoms in total. The second kappa shape index (κ2) is 9.35. The normalized spacial score (nSPS) is 15.2. The van der Waals surface area contributed by atoms with Gasteiger partial charge in [-0.15, -0.1) is 0 Å². The first kappa shape index (κ1) is 22.1. The Morgan fingerprint density at radius 3 is 2.56 bits per heavy atom. The van der Waals surface area contributed by atoms with Crippen LogP contribution in [0.1, 0.15) is 41.6 Å². The minimum atomic E-state index is 0.643. The summed E-state index contributed by atoms with van der Waals surface area (Å²) in [5.74, 6) is 0.975. The average Bonchev–Trinajstić information content (AvgIpc) is 3.25. The van der Waals surface area contributed by atoms with Gasteiger partial charge in [-0.1, -0.05) is 49.0 Å². The van der Waals surface area contributed by atoms with Gasteiger partial charge in [0.15, 0.2) is 0 Å². The van der Waals surface area contributed by atoms with Crippen molar-refractivity contribution >= 4 is 34.4 Å². The van der Waals surface area contributed by atoms with E-state index in [1.807, 2.05) is 24.7 Å². The molecule has 0 radical (unpaired) electrons. The Labute approximate surface area is 211 Å². The molecule has 1 fully saturated rings. The lowest BCUT2D eigenvalue weighted by Crippen LogP contribution is -2.32. The van der Waals surface area contributed by atoms with Crippen LogP contribution in [0.25, 0.3) is 16.6 Å². The lowest BCUT2D eigenvalue weighted by Gasteiger charge is -2.31. The van der Waals surface area contributed by atoms with Crippen LogP contribution in [-0.4, -0.2) is 33.9 Å². The van der Waals surface area contributed by atoms with Crippen molar-refractivity contribution in [1.29, 1.82) is 5.26 Å². The lowest BCUT2D eigenvalue weighted by atomic mass is 10.1. The molecule has 0 aliphatic carbocycles. The van der Waals surface area contributed by atoms with Gasteiger partial charge < -0.3 is 14.4 Å². The summed E-state index contributed by atoms with van der Waals surface area (Å²) in [4.78, 5) is 13.7. The third-order valence-electron chi connectivity index (χ3n) is 7.13. The van der Waals surface area contributed by atoms with E-state index in [0.29, 0.717) is 18.7 Å². The molecule has 1 saturated heterocycles. The first-order valence-electron chi connectivity index (χ1n) is 12.5. The maximum atomic E-state index is 10.3. The number of aromatic nitrogens is 2. The van der Waals surface area contributed by atoms with Crippen LogP contribution in [0, 0.1) is 11.3 Å². The van der Waals surface area contributed by atoms with Crippen LogP contribution in [0.5, 0.6) is 0 Å². The van der Waals surface area contributed by atoms with E-state index in [1.54, 1.807) is 0 Å². The minimum Gasteiger partial charge on any atom is -0.357 e. The zero-order valence-corrected chi connectivity index (χ0v) is 20.3. The minimum absolute atomic E-state index is 0.643. The predicted molar refractivity (Wildman–Crippen MR) is 145 cm³/mol. The molecule has 0 N–H and O–H groups in total. The smallest absolute Gasteiger partial charge is 0.129 e. The Kier molecular flexibility index (Phi) is 5.74. The quantitative estimate of drug-likeness (QED) is 0.352. The third-order valence-corrected chi connectivity index (χ3v) is 7.13. The van der Waals surface area contributed by atoms with Crippen molar-refractivity contribution in [1.82, 2.24) is 14.5 Å². The average molecular weight is 473 g/mol. The summed E-state index contributed by atoms with van der Waals surface area (Å²) >= 11 is 0. The number of aliphatic imine (C=N–C) groups is 1. The highest BCUT2D eigenvalue weighted by Gasteiger charge is 2.32. The third kappa shape index (κ3) is 3.93. The molecule has 2 aromatic carbocycles. The zero-order valence-electron chi connectivity index (χ0n) is 20.3. The monoisotopic (exact) mass is 472 g/mol. The Bertz CT molecular complexity index is 1500. The number of fused-ring (bicyclic) bond motifs is 2. The van der Waals surface area contributed by atoms with Gasteiger partial charge in [-0.2, -0.15) is 5.26 Å². The Hall–Kier alpha value is -4.37. The van der Waals surface area contributed by atoms with Crippen LogP contribution in [0.15, 0.2) is 78.4 Å². The Morgan fingerprint density at radius 2 is 1.75 bits per heavy atom. The van der Waals surface area contributed by atoms with Gasteiger partial charge in [0.2, 0.25) is 0 Å². The van der Waals surface area contributed by atoms with Crippen LogP contribution < -0.4 is 4.90 Å². The van der Waals surface area contributed by atoms with Gasteiger partial charge in [0.05, 0.1) is 23.2 Å². The van der Waals surface area contributed by atoms with E-state index in [1.165, 1.54) is 12.0 Å². The number of rotatable bonds is 5. The summed E-state index contributed by atoms with van der Waals surface area (Å²) in [6.45, 7) is 7.73. The standard InChI is InChI=1S/C30H28N6/c1-22-29-28(33-21-35(22)19-24-12-13-27-25(17-24)11-8-14-32-27)26(18-31)30(34-15-6-3-7-16-34)36(29)20-23-9-4-2-5-10-23/h2,4-5,8-14,17,21H,1,3,6-7,15-16,19-20H2. The highest BCUT2D eigenvalue weighted by molar-refractivity contribution is 5.91. The number of benzene rings is 2. The maximum Gasteiger partial charge on any atom is 0.129 e.